The second-order valence-corrected chi connectivity index (χ2v) is 8.94. The van der Waals surface area contributed by atoms with Crippen molar-refractivity contribution in [3.63, 3.8) is 0 Å². The van der Waals surface area contributed by atoms with E-state index in [0.717, 1.165) is 25.2 Å². The SMILES string of the molecule is C=CCC(CC=Nc1ccc(C(=O)NCCN2CCCCC2)cn1)NC(=O)c1cccc(OC)c1C. The fourth-order valence-electron chi connectivity index (χ4n) is 4.24. The van der Waals surface area contributed by atoms with Gasteiger partial charge >= 0.3 is 0 Å². The van der Waals surface area contributed by atoms with Gasteiger partial charge < -0.3 is 20.3 Å². The Balaban J connectivity index is 1.49. The molecule has 192 valence electrons. The summed E-state index contributed by atoms with van der Waals surface area (Å²) < 4.78 is 5.32. The molecule has 8 heteroatoms. The van der Waals surface area contributed by atoms with E-state index in [9.17, 15) is 9.59 Å². The molecule has 0 bridgehead atoms. The van der Waals surface area contributed by atoms with Crippen LogP contribution in [-0.4, -0.2) is 67.2 Å². The number of piperidine rings is 1. The predicted molar refractivity (Wildman–Crippen MR) is 143 cm³/mol. The Kier molecular flexibility index (Phi) is 10.6. The summed E-state index contributed by atoms with van der Waals surface area (Å²) in [5.41, 5.74) is 1.88. The molecule has 1 atom stereocenters. The molecule has 1 aliphatic heterocycles. The number of ether oxygens (including phenoxy) is 1. The van der Waals surface area contributed by atoms with Crippen molar-refractivity contribution in [3.8, 4) is 5.75 Å². The zero-order valence-corrected chi connectivity index (χ0v) is 21.3. The third kappa shape index (κ3) is 8.02. The molecule has 1 aliphatic rings. The number of hydrogen-bond donors (Lipinski definition) is 2. The number of benzene rings is 1. The molecule has 1 unspecified atom stereocenters. The minimum absolute atomic E-state index is 0.128. The molecule has 0 spiro atoms. The van der Waals surface area contributed by atoms with Crippen molar-refractivity contribution in [2.24, 2.45) is 4.99 Å². The highest BCUT2D eigenvalue weighted by Gasteiger charge is 2.16. The van der Waals surface area contributed by atoms with E-state index in [-0.39, 0.29) is 17.9 Å². The lowest BCUT2D eigenvalue weighted by Gasteiger charge is -2.26. The third-order valence-electron chi connectivity index (χ3n) is 6.32. The Morgan fingerprint density at radius 2 is 1.97 bits per heavy atom. The van der Waals surface area contributed by atoms with E-state index in [0.29, 0.717) is 42.1 Å². The predicted octanol–water partition coefficient (Wildman–Crippen LogP) is 4.08. The van der Waals surface area contributed by atoms with Gasteiger partial charge in [0.15, 0.2) is 5.82 Å². The molecule has 36 heavy (non-hydrogen) atoms. The maximum absolute atomic E-state index is 12.8. The Hall–Kier alpha value is -3.52. The summed E-state index contributed by atoms with van der Waals surface area (Å²) in [5, 5.41) is 6.01. The maximum Gasteiger partial charge on any atom is 0.252 e. The first-order valence-corrected chi connectivity index (χ1v) is 12.6. The fourth-order valence-corrected chi connectivity index (χ4v) is 4.24. The number of hydrogen-bond acceptors (Lipinski definition) is 6. The van der Waals surface area contributed by atoms with Crippen LogP contribution in [0.1, 0.15) is 58.4 Å². The molecule has 8 nitrogen and oxygen atoms in total. The van der Waals surface area contributed by atoms with Crippen LogP contribution in [0.25, 0.3) is 0 Å². The van der Waals surface area contributed by atoms with Gasteiger partial charge in [-0.05, 0) is 63.5 Å². The molecule has 3 rings (SSSR count). The lowest BCUT2D eigenvalue weighted by molar-refractivity contribution is 0.0932. The Morgan fingerprint density at radius 3 is 2.67 bits per heavy atom. The molecule has 0 radical (unpaired) electrons. The third-order valence-corrected chi connectivity index (χ3v) is 6.32. The molecular formula is C28H37N5O3. The molecule has 0 saturated carbocycles. The normalized spacial score (nSPS) is 14.8. The van der Waals surface area contributed by atoms with E-state index in [1.807, 2.05) is 13.0 Å². The van der Waals surface area contributed by atoms with Crippen LogP contribution in [0.15, 0.2) is 54.2 Å². The minimum atomic E-state index is -0.166. The molecule has 1 aromatic carbocycles. The van der Waals surface area contributed by atoms with E-state index in [4.69, 9.17) is 4.74 Å². The zero-order chi connectivity index (χ0) is 25.8. The fraction of sp³-hybridized carbons (Fsp3) is 0.429. The average Bonchev–Trinajstić information content (AvgIpc) is 2.90. The van der Waals surface area contributed by atoms with Crippen LogP contribution in [0, 0.1) is 6.92 Å². The number of nitrogens with one attached hydrogen (secondary N) is 2. The van der Waals surface area contributed by atoms with Crippen LogP contribution in [-0.2, 0) is 0 Å². The first-order valence-electron chi connectivity index (χ1n) is 12.6. The van der Waals surface area contributed by atoms with Gasteiger partial charge in [-0.25, -0.2) is 9.98 Å². The molecule has 1 fully saturated rings. The van der Waals surface area contributed by atoms with E-state index >= 15 is 0 Å². The van der Waals surface area contributed by atoms with Crippen molar-refractivity contribution in [2.45, 2.75) is 45.1 Å². The van der Waals surface area contributed by atoms with Gasteiger partial charge in [-0.1, -0.05) is 18.6 Å². The Morgan fingerprint density at radius 1 is 1.17 bits per heavy atom. The van der Waals surface area contributed by atoms with Crippen molar-refractivity contribution in [1.29, 1.82) is 0 Å². The van der Waals surface area contributed by atoms with E-state index in [1.165, 1.54) is 25.5 Å². The molecule has 0 aliphatic carbocycles. The highest BCUT2D eigenvalue weighted by atomic mass is 16.5. The smallest absolute Gasteiger partial charge is 0.252 e. The number of carbonyl (C=O) groups is 2. The summed E-state index contributed by atoms with van der Waals surface area (Å²) in [4.78, 5) is 36.3. The number of rotatable bonds is 12. The number of aliphatic imine (C=N–C) groups is 1. The molecular weight excluding hydrogens is 454 g/mol. The molecule has 1 saturated heterocycles. The number of pyridine rings is 1. The molecule has 2 N–H and O–H groups in total. The summed E-state index contributed by atoms with van der Waals surface area (Å²) in [7, 11) is 1.59. The second-order valence-electron chi connectivity index (χ2n) is 8.94. The van der Waals surface area contributed by atoms with Gasteiger partial charge in [-0.15, -0.1) is 6.58 Å². The van der Waals surface area contributed by atoms with Crippen molar-refractivity contribution < 1.29 is 14.3 Å². The first-order chi connectivity index (χ1) is 17.5. The van der Waals surface area contributed by atoms with Gasteiger partial charge in [-0.2, -0.15) is 0 Å². The Bertz CT molecular complexity index is 1050. The largest absolute Gasteiger partial charge is 0.496 e. The number of amides is 2. The minimum Gasteiger partial charge on any atom is -0.496 e. The number of carbonyl (C=O) groups excluding carboxylic acids is 2. The molecule has 2 aromatic rings. The lowest BCUT2D eigenvalue weighted by Crippen LogP contribution is -2.37. The highest BCUT2D eigenvalue weighted by Crippen LogP contribution is 2.21. The van der Waals surface area contributed by atoms with Crippen molar-refractivity contribution in [3.05, 3.63) is 65.9 Å². The van der Waals surface area contributed by atoms with Crippen molar-refractivity contribution in [2.75, 3.05) is 33.3 Å². The summed E-state index contributed by atoms with van der Waals surface area (Å²) in [6.45, 7) is 9.39. The van der Waals surface area contributed by atoms with Gasteiger partial charge in [0.2, 0.25) is 0 Å². The second kappa shape index (κ2) is 14.1. The van der Waals surface area contributed by atoms with Gasteiger partial charge in [0.25, 0.3) is 11.8 Å². The van der Waals surface area contributed by atoms with E-state index < -0.39 is 0 Å². The number of aromatic nitrogens is 1. The first kappa shape index (κ1) is 27.1. The molecule has 1 aromatic heterocycles. The van der Waals surface area contributed by atoms with Crippen molar-refractivity contribution in [1.82, 2.24) is 20.5 Å². The van der Waals surface area contributed by atoms with Gasteiger partial charge in [-0.3, -0.25) is 9.59 Å². The maximum atomic E-state index is 12.8. The van der Waals surface area contributed by atoms with Crippen LogP contribution in [0.3, 0.4) is 0 Å². The molecule has 2 amide bonds. The monoisotopic (exact) mass is 491 g/mol. The van der Waals surface area contributed by atoms with E-state index in [2.05, 4.69) is 32.1 Å². The topological polar surface area (TPSA) is 95.9 Å². The van der Waals surface area contributed by atoms with Crippen LogP contribution in [0.4, 0.5) is 5.82 Å². The summed E-state index contributed by atoms with van der Waals surface area (Å²) in [5.74, 6) is 0.888. The van der Waals surface area contributed by atoms with Crippen molar-refractivity contribution >= 4 is 23.8 Å². The number of nitrogens with zero attached hydrogens (tertiary/aromatic N) is 3. The quantitative estimate of drug-likeness (QED) is 0.345. The number of methoxy groups -OCH3 is 1. The highest BCUT2D eigenvalue weighted by molar-refractivity contribution is 5.96. The van der Waals surface area contributed by atoms with Crippen LogP contribution in [0.2, 0.25) is 0 Å². The van der Waals surface area contributed by atoms with E-state index in [1.54, 1.807) is 43.7 Å². The van der Waals surface area contributed by atoms with Gasteiger partial charge in [0.05, 0.1) is 12.7 Å². The number of likely N-dealkylation sites (tertiary alicyclic amines) is 1. The Labute approximate surface area is 213 Å². The summed E-state index contributed by atoms with van der Waals surface area (Å²) in [6, 6.07) is 8.70. The standard InChI is InChI=1S/C28H37N5O3/c1-4-9-23(32-28(35)24-10-8-11-25(36-3)21(24)2)14-15-29-26-13-12-22(20-31-26)27(34)30-16-19-33-17-6-5-7-18-33/h4,8,10-13,15,20,23H,1,5-7,9,14,16-19H2,2-3H3,(H,30,34)(H,32,35). The van der Waals surface area contributed by atoms with Crippen LogP contribution >= 0.6 is 0 Å². The van der Waals surface area contributed by atoms with Crippen LogP contribution < -0.4 is 15.4 Å². The molecule has 2 heterocycles. The van der Waals surface area contributed by atoms with Gasteiger partial charge in [0.1, 0.15) is 5.75 Å². The average molecular weight is 492 g/mol. The summed E-state index contributed by atoms with van der Waals surface area (Å²) in [6.07, 6.45) is 9.94. The van der Waals surface area contributed by atoms with Gasteiger partial charge in [0, 0.05) is 49.1 Å². The van der Waals surface area contributed by atoms with Crippen LogP contribution in [0.5, 0.6) is 5.75 Å². The lowest BCUT2D eigenvalue weighted by atomic mass is 10.1. The summed E-state index contributed by atoms with van der Waals surface area (Å²) >= 11 is 0. The zero-order valence-electron chi connectivity index (χ0n) is 21.3.